The Hall–Kier alpha value is -1.30. The maximum atomic E-state index is 12.8. The predicted molar refractivity (Wildman–Crippen MR) is 96.8 cm³/mol. The highest BCUT2D eigenvalue weighted by atomic mass is 35.5. The van der Waals surface area contributed by atoms with Gasteiger partial charge in [0.25, 0.3) is 0 Å². The van der Waals surface area contributed by atoms with E-state index in [1.165, 1.54) is 6.42 Å². The molecule has 2 aliphatic heterocycles. The van der Waals surface area contributed by atoms with Crippen LogP contribution in [0.15, 0.2) is 18.2 Å². The maximum Gasteiger partial charge on any atom is 0.322 e. The second kappa shape index (κ2) is 8.19. The number of nitrogens with zero attached hydrogens (tertiary/aromatic N) is 2. The molecule has 0 aromatic heterocycles. The number of likely N-dealkylation sites (tertiary alicyclic amines) is 1. The van der Waals surface area contributed by atoms with Crippen LogP contribution < -0.4 is 5.32 Å². The van der Waals surface area contributed by atoms with Crippen LogP contribution in [-0.4, -0.2) is 61.3 Å². The predicted octanol–water partition coefficient (Wildman–Crippen LogP) is 3.37. The Morgan fingerprint density at radius 3 is 2.88 bits per heavy atom. The van der Waals surface area contributed by atoms with Gasteiger partial charge in [-0.2, -0.15) is 0 Å². The van der Waals surface area contributed by atoms with E-state index in [1.54, 1.807) is 0 Å². The fourth-order valence-corrected chi connectivity index (χ4v) is 3.64. The molecule has 2 heterocycles. The second-order valence-corrected chi connectivity index (χ2v) is 7.01. The van der Waals surface area contributed by atoms with Crippen molar-refractivity contribution in [2.45, 2.75) is 32.2 Å². The molecule has 0 bridgehead atoms. The molecule has 24 heavy (non-hydrogen) atoms. The molecule has 0 saturated carbocycles. The lowest BCUT2D eigenvalue weighted by atomic mass is 10.0. The van der Waals surface area contributed by atoms with Gasteiger partial charge in [0.2, 0.25) is 0 Å². The lowest BCUT2D eigenvalue weighted by Gasteiger charge is -2.39. The van der Waals surface area contributed by atoms with Gasteiger partial charge in [0.15, 0.2) is 0 Å². The Morgan fingerprint density at radius 2 is 2.08 bits per heavy atom. The van der Waals surface area contributed by atoms with Gasteiger partial charge in [-0.25, -0.2) is 4.79 Å². The van der Waals surface area contributed by atoms with E-state index in [1.807, 2.05) is 30.0 Å². The number of carbonyl (C=O) groups is 1. The molecule has 2 amide bonds. The molecule has 0 aliphatic carbocycles. The van der Waals surface area contributed by atoms with Gasteiger partial charge >= 0.3 is 6.03 Å². The van der Waals surface area contributed by atoms with Gasteiger partial charge in [-0.1, -0.05) is 17.7 Å². The summed E-state index contributed by atoms with van der Waals surface area (Å²) in [6.07, 6.45) is 3.33. The Bertz CT molecular complexity index is 575. The molecule has 2 aliphatic rings. The molecular formula is C18H26ClN3O2. The van der Waals surface area contributed by atoms with E-state index in [9.17, 15) is 4.79 Å². The summed E-state index contributed by atoms with van der Waals surface area (Å²) in [5.74, 6) is 0. The Morgan fingerprint density at radius 1 is 1.29 bits per heavy atom. The molecule has 2 fully saturated rings. The standard InChI is InChI=1S/C18H26ClN3O2/c1-14-16(19)6-4-7-17(14)20-18(23)22-8-3-2-5-15(22)13-21-9-11-24-12-10-21/h4,6-7,15H,2-3,5,8-13H2,1H3,(H,20,23)/t15-/m0/s1. The first-order valence-electron chi connectivity index (χ1n) is 8.78. The van der Waals surface area contributed by atoms with Crippen molar-refractivity contribution in [3.8, 4) is 0 Å². The number of carbonyl (C=O) groups excluding carboxylic acids is 1. The highest BCUT2D eigenvalue weighted by Crippen LogP contribution is 2.25. The highest BCUT2D eigenvalue weighted by Gasteiger charge is 2.29. The molecule has 6 heteroatoms. The topological polar surface area (TPSA) is 44.8 Å². The van der Waals surface area contributed by atoms with E-state index < -0.39 is 0 Å². The summed E-state index contributed by atoms with van der Waals surface area (Å²) >= 11 is 6.16. The number of urea groups is 1. The molecule has 0 unspecified atom stereocenters. The van der Waals surface area contributed by atoms with Gasteiger partial charge in [-0.3, -0.25) is 4.90 Å². The fourth-order valence-electron chi connectivity index (χ4n) is 3.47. The average Bonchev–Trinajstić information content (AvgIpc) is 2.60. The SMILES string of the molecule is Cc1c(Cl)cccc1NC(=O)N1CCCC[C@H]1CN1CCOCC1. The quantitative estimate of drug-likeness (QED) is 0.908. The molecule has 1 aromatic rings. The van der Waals surface area contributed by atoms with Crippen LogP contribution in [0, 0.1) is 6.92 Å². The lowest BCUT2D eigenvalue weighted by molar-refractivity contribution is 0.0229. The van der Waals surface area contributed by atoms with E-state index in [2.05, 4.69) is 10.2 Å². The van der Waals surface area contributed by atoms with Gasteiger partial charge in [0.1, 0.15) is 0 Å². The number of rotatable bonds is 3. The summed E-state index contributed by atoms with van der Waals surface area (Å²) in [5, 5.41) is 3.72. The number of hydrogen-bond donors (Lipinski definition) is 1. The fraction of sp³-hybridized carbons (Fsp3) is 0.611. The molecule has 0 spiro atoms. The van der Waals surface area contributed by atoms with E-state index in [0.717, 1.165) is 63.5 Å². The van der Waals surface area contributed by atoms with Crippen LogP contribution >= 0.6 is 11.6 Å². The summed E-state index contributed by atoms with van der Waals surface area (Å²) in [7, 11) is 0. The summed E-state index contributed by atoms with van der Waals surface area (Å²) in [6, 6.07) is 5.87. The van der Waals surface area contributed by atoms with Crippen molar-refractivity contribution in [3.05, 3.63) is 28.8 Å². The van der Waals surface area contributed by atoms with E-state index >= 15 is 0 Å². The zero-order valence-corrected chi connectivity index (χ0v) is 15.0. The van der Waals surface area contributed by atoms with Crippen molar-refractivity contribution in [3.63, 3.8) is 0 Å². The minimum absolute atomic E-state index is 0.0154. The second-order valence-electron chi connectivity index (χ2n) is 6.60. The van der Waals surface area contributed by atoms with Crippen LogP contribution in [-0.2, 0) is 4.74 Å². The normalized spacial score (nSPS) is 22.4. The smallest absolute Gasteiger partial charge is 0.322 e. The molecule has 1 atom stereocenters. The van der Waals surface area contributed by atoms with Crippen molar-refractivity contribution in [2.75, 3.05) is 44.7 Å². The maximum absolute atomic E-state index is 12.8. The summed E-state index contributed by atoms with van der Waals surface area (Å²) in [4.78, 5) is 17.2. The monoisotopic (exact) mass is 351 g/mol. The zero-order valence-electron chi connectivity index (χ0n) is 14.3. The van der Waals surface area contributed by atoms with E-state index in [4.69, 9.17) is 16.3 Å². The van der Waals surface area contributed by atoms with Gasteiger partial charge < -0.3 is 15.0 Å². The summed E-state index contributed by atoms with van der Waals surface area (Å²) in [6.45, 7) is 7.19. The first-order valence-corrected chi connectivity index (χ1v) is 9.16. The van der Waals surface area contributed by atoms with Crippen molar-refractivity contribution < 1.29 is 9.53 Å². The van der Waals surface area contributed by atoms with Gasteiger partial charge in [-0.05, 0) is 43.9 Å². The number of hydrogen-bond acceptors (Lipinski definition) is 3. The zero-order chi connectivity index (χ0) is 16.9. The molecule has 2 saturated heterocycles. The van der Waals surface area contributed by atoms with Crippen LogP contribution in [0.5, 0.6) is 0 Å². The van der Waals surface area contributed by atoms with Crippen LogP contribution in [0.25, 0.3) is 0 Å². The Balaban J connectivity index is 1.65. The highest BCUT2D eigenvalue weighted by molar-refractivity contribution is 6.31. The molecule has 3 rings (SSSR count). The first kappa shape index (κ1) is 17.5. The van der Waals surface area contributed by atoms with Crippen molar-refractivity contribution in [1.29, 1.82) is 0 Å². The third-order valence-corrected chi connectivity index (χ3v) is 5.38. The third-order valence-electron chi connectivity index (χ3n) is 4.97. The minimum atomic E-state index is -0.0154. The largest absolute Gasteiger partial charge is 0.379 e. The number of halogens is 1. The van der Waals surface area contributed by atoms with Crippen LogP contribution in [0.1, 0.15) is 24.8 Å². The number of benzene rings is 1. The van der Waals surface area contributed by atoms with Gasteiger partial charge in [-0.15, -0.1) is 0 Å². The minimum Gasteiger partial charge on any atom is -0.379 e. The van der Waals surface area contributed by atoms with E-state index in [-0.39, 0.29) is 12.1 Å². The van der Waals surface area contributed by atoms with Crippen molar-refractivity contribution in [2.24, 2.45) is 0 Å². The average molecular weight is 352 g/mol. The summed E-state index contributed by atoms with van der Waals surface area (Å²) < 4.78 is 5.42. The van der Waals surface area contributed by atoms with Crippen LogP contribution in [0.3, 0.4) is 0 Å². The lowest BCUT2D eigenvalue weighted by Crippen LogP contribution is -2.52. The number of amides is 2. The molecule has 5 nitrogen and oxygen atoms in total. The third kappa shape index (κ3) is 4.21. The number of piperidine rings is 1. The first-order chi connectivity index (χ1) is 11.6. The number of nitrogens with one attached hydrogen (secondary N) is 1. The Kier molecular flexibility index (Phi) is 5.98. The van der Waals surface area contributed by atoms with Crippen LogP contribution in [0.2, 0.25) is 5.02 Å². The Labute approximate surface area is 148 Å². The van der Waals surface area contributed by atoms with Crippen LogP contribution in [0.4, 0.5) is 10.5 Å². The van der Waals surface area contributed by atoms with E-state index in [0.29, 0.717) is 5.02 Å². The molecule has 0 radical (unpaired) electrons. The molecule has 1 aromatic carbocycles. The molecule has 132 valence electrons. The number of anilines is 1. The molecular weight excluding hydrogens is 326 g/mol. The molecule has 1 N–H and O–H groups in total. The van der Waals surface area contributed by atoms with Crippen molar-refractivity contribution >= 4 is 23.3 Å². The summed E-state index contributed by atoms with van der Waals surface area (Å²) in [5.41, 5.74) is 1.71. The van der Waals surface area contributed by atoms with Gasteiger partial charge in [0.05, 0.1) is 13.2 Å². The van der Waals surface area contributed by atoms with Gasteiger partial charge in [0, 0.05) is 42.9 Å². The number of ether oxygens (including phenoxy) is 1. The van der Waals surface area contributed by atoms with Crippen molar-refractivity contribution in [1.82, 2.24) is 9.80 Å². The number of morpholine rings is 1.